The number of benzene rings is 1. The minimum atomic E-state index is -0.569. The lowest BCUT2D eigenvalue weighted by Gasteiger charge is -2.40. The maximum atomic E-state index is 17.0. The van der Waals surface area contributed by atoms with E-state index in [4.69, 9.17) is 15.2 Å². The number of likely N-dealkylation sites (N-methyl/N-ethyl adjacent to an activating group) is 2. The van der Waals surface area contributed by atoms with Gasteiger partial charge in [-0.25, -0.2) is 23.7 Å². The molecule has 5 heterocycles. The molecule has 1 unspecified atom stereocenters. The molecule has 0 aliphatic carbocycles. The van der Waals surface area contributed by atoms with Gasteiger partial charge in [-0.05, 0) is 58.3 Å². The molecular weight excluding hydrogens is 602 g/mol. The van der Waals surface area contributed by atoms with E-state index >= 15 is 4.39 Å². The maximum Gasteiger partial charge on any atom is 0.236 e. The third-order valence-electron chi connectivity index (χ3n) is 9.02. The van der Waals surface area contributed by atoms with Crippen LogP contribution in [-0.2, 0) is 4.79 Å². The first-order valence-electron chi connectivity index (χ1n) is 16.0. The number of carbonyl (C=O) groups excluding carboxylic acids is 1. The third kappa shape index (κ3) is 7.03. The van der Waals surface area contributed by atoms with Crippen LogP contribution in [-0.4, -0.2) is 120 Å². The van der Waals surface area contributed by atoms with Crippen molar-refractivity contribution in [3.63, 3.8) is 0 Å². The van der Waals surface area contributed by atoms with Crippen LogP contribution in [0.1, 0.15) is 19.3 Å². The summed E-state index contributed by atoms with van der Waals surface area (Å²) in [5.41, 5.74) is 2.72. The number of hydrogen-bond donors (Lipinski definition) is 0. The van der Waals surface area contributed by atoms with Crippen LogP contribution in [0.25, 0.3) is 28.4 Å². The Hall–Kier alpha value is -4.67. The number of rotatable bonds is 9. The standard InChI is InChI=1S/C34H40F2N10O/c1-41(2)15-20-45(27-5-4-14-44(23-27)30(47)12-13-37)34-31(36)32(24-6-9-26(10-7-24)43-18-16-42(3)17-19-43)39-33(40-34)28-21-38-29-11-8-25(35)22-46(28)29/h6-11,21-22,27H,4-5,12,14-20,23H2,1-3H3. The van der Waals surface area contributed by atoms with Crippen LogP contribution in [0, 0.1) is 23.0 Å². The second-order valence-electron chi connectivity index (χ2n) is 12.6. The number of nitriles is 1. The van der Waals surface area contributed by atoms with Gasteiger partial charge in [0, 0.05) is 75.8 Å². The van der Waals surface area contributed by atoms with Crippen molar-refractivity contribution >= 4 is 23.1 Å². The van der Waals surface area contributed by atoms with E-state index < -0.39 is 11.6 Å². The van der Waals surface area contributed by atoms with E-state index in [0.717, 1.165) is 38.3 Å². The normalized spacial score (nSPS) is 17.3. The number of fused-ring (bicyclic) bond motifs is 1. The van der Waals surface area contributed by atoms with Crippen molar-refractivity contribution in [3.05, 3.63) is 60.4 Å². The van der Waals surface area contributed by atoms with Gasteiger partial charge in [0.1, 0.15) is 29.3 Å². The molecule has 246 valence electrons. The van der Waals surface area contributed by atoms with Crippen LogP contribution < -0.4 is 9.80 Å². The zero-order valence-corrected chi connectivity index (χ0v) is 27.1. The van der Waals surface area contributed by atoms with E-state index in [0.29, 0.717) is 49.5 Å². The smallest absolute Gasteiger partial charge is 0.236 e. The largest absolute Gasteiger partial charge is 0.369 e. The Kier molecular flexibility index (Phi) is 9.60. The minimum absolute atomic E-state index is 0.112. The molecule has 2 fully saturated rings. The van der Waals surface area contributed by atoms with Gasteiger partial charge in [-0.2, -0.15) is 5.26 Å². The number of likely N-dealkylation sites (tertiary alicyclic amines) is 1. The van der Waals surface area contributed by atoms with Crippen LogP contribution in [0.15, 0.2) is 48.8 Å². The van der Waals surface area contributed by atoms with Gasteiger partial charge in [-0.15, -0.1) is 0 Å². The van der Waals surface area contributed by atoms with Crippen molar-refractivity contribution < 1.29 is 13.6 Å². The number of aromatic nitrogens is 4. The molecule has 0 radical (unpaired) electrons. The summed E-state index contributed by atoms with van der Waals surface area (Å²) in [5, 5.41) is 9.14. The number of nitrogens with zero attached hydrogens (tertiary/aromatic N) is 10. The number of hydrogen-bond acceptors (Lipinski definition) is 9. The summed E-state index contributed by atoms with van der Waals surface area (Å²) >= 11 is 0. The quantitative estimate of drug-likeness (QED) is 0.270. The molecule has 0 spiro atoms. The highest BCUT2D eigenvalue weighted by Gasteiger charge is 2.32. The van der Waals surface area contributed by atoms with Crippen molar-refractivity contribution in [2.24, 2.45) is 0 Å². The van der Waals surface area contributed by atoms with Crippen molar-refractivity contribution in [1.82, 2.24) is 34.1 Å². The van der Waals surface area contributed by atoms with Gasteiger partial charge in [0.15, 0.2) is 17.5 Å². The Bertz CT molecular complexity index is 1760. The predicted octanol–water partition coefficient (Wildman–Crippen LogP) is 3.76. The summed E-state index contributed by atoms with van der Waals surface area (Å²) < 4.78 is 32.9. The first-order valence-corrected chi connectivity index (χ1v) is 16.0. The van der Waals surface area contributed by atoms with Gasteiger partial charge in [-0.3, -0.25) is 9.20 Å². The van der Waals surface area contributed by atoms with Crippen LogP contribution in [0.2, 0.25) is 0 Å². The van der Waals surface area contributed by atoms with Gasteiger partial charge in [0.25, 0.3) is 0 Å². The van der Waals surface area contributed by atoms with Gasteiger partial charge in [0.05, 0.1) is 12.3 Å². The molecule has 0 saturated carbocycles. The van der Waals surface area contributed by atoms with E-state index in [2.05, 4.69) is 21.8 Å². The first kappa shape index (κ1) is 32.3. The van der Waals surface area contributed by atoms with Gasteiger partial charge < -0.3 is 24.5 Å². The average molecular weight is 643 g/mol. The van der Waals surface area contributed by atoms with Crippen molar-refractivity contribution in [2.45, 2.75) is 25.3 Å². The molecule has 1 amide bonds. The Morgan fingerprint density at radius 3 is 2.51 bits per heavy atom. The molecular formula is C34H40F2N10O. The lowest BCUT2D eigenvalue weighted by atomic mass is 10.0. The molecule has 2 aliphatic rings. The van der Waals surface area contributed by atoms with E-state index in [-0.39, 0.29) is 35.7 Å². The Morgan fingerprint density at radius 2 is 1.79 bits per heavy atom. The van der Waals surface area contributed by atoms with E-state index in [1.165, 1.54) is 12.3 Å². The van der Waals surface area contributed by atoms with Gasteiger partial charge in [-0.1, -0.05) is 12.1 Å². The molecule has 6 rings (SSSR count). The highest BCUT2D eigenvalue weighted by molar-refractivity contribution is 5.78. The average Bonchev–Trinajstić information content (AvgIpc) is 3.49. The monoisotopic (exact) mass is 642 g/mol. The molecule has 1 aromatic carbocycles. The summed E-state index contributed by atoms with van der Waals surface area (Å²) in [6.07, 6.45) is 4.12. The summed E-state index contributed by atoms with van der Waals surface area (Å²) in [4.78, 5) is 36.9. The second kappa shape index (κ2) is 14.0. The Labute approximate surface area is 273 Å². The highest BCUT2D eigenvalue weighted by atomic mass is 19.1. The fourth-order valence-electron chi connectivity index (χ4n) is 6.33. The maximum absolute atomic E-state index is 17.0. The second-order valence-corrected chi connectivity index (χ2v) is 12.6. The SMILES string of the molecule is CN(C)CCN(c1nc(-c2cnc3ccc(F)cn23)nc(-c2ccc(N3CCN(C)CC3)cc2)c1F)C1CCCN(C(=O)CC#N)C1. The summed E-state index contributed by atoms with van der Waals surface area (Å²) in [5.74, 6) is -0.930. The molecule has 11 nitrogen and oxygen atoms in total. The number of amides is 1. The summed E-state index contributed by atoms with van der Waals surface area (Å²) in [6, 6.07) is 12.4. The van der Waals surface area contributed by atoms with Crippen LogP contribution in [0.5, 0.6) is 0 Å². The van der Waals surface area contributed by atoms with E-state index in [1.54, 1.807) is 21.6 Å². The van der Waals surface area contributed by atoms with E-state index in [1.807, 2.05) is 54.2 Å². The molecule has 0 bridgehead atoms. The number of piperazine rings is 1. The molecule has 2 aliphatic heterocycles. The lowest BCUT2D eigenvalue weighted by molar-refractivity contribution is -0.131. The molecule has 13 heteroatoms. The minimum Gasteiger partial charge on any atom is -0.369 e. The molecule has 2 saturated heterocycles. The Balaban J connectivity index is 1.45. The molecule has 3 aromatic heterocycles. The topological polar surface area (TPSA) is 100 Å². The van der Waals surface area contributed by atoms with Gasteiger partial charge in [0.2, 0.25) is 5.91 Å². The third-order valence-corrected chi connectivity index (χ3v) is 9.02. The van der Waals surface area contributed by atoms with Crippen molar-refractivity contribution in [3.8, 4) is 28.8 Å². The van der Waals surface area contributed by atoms with Crippen molar-refractivity contribution in [1.29, 1.82) is 5.26 Å². The number of halogens is 2. The van der Waals surface area contributed by atoms with Crippen LogP contribution >= 0.6 is 0 Å². The summed E-state index contributed by atoms with van der Waals surface area (Å²) in [6.45, 7) is 5.71. The fraction of sp³-hybridized carbons (Fsp3) is 0.441. The molecule has 4 aromatic rings. The zero-order chi connectivity index (χ0) is 33.1. The number of piperidine rings is 1. The van der Waals surface area contributed by atoms with Crippen molar-refractivity contribution in [2.75, 3.05) is 83.3 Å². The van der Waals surface area contributed by atoms with E-state index in [9.17, 15) is 9.18 Å². The number of pyridine rings is 1. The van der Waals surface area contributed by atoms with Crippen LogP contribution in [0.4, 0.5) is 20.3 Å². The molecule has 0 N–H and O–H groups in total. The Morgan fingerprint density at radius 1 is 1.02 bits per heavy atom. The molecule has 47 heavy (non-hydrogen) atoms. The zero-order valence-electron chi connectivity index (χ0n) is 27.1. The highest BCUT2D eigenvalue weighted by Crippen LogP contribution is 2.34. The van der Waals surface area contributed by atoms with Gasteiger partial charge >= 0.3 is 0 Å². The molecule has 1 atom stereocenters. The summed E-state index contributed by atoms with van der Waals surface area (Å²) in [7, 11) is 6.01. The first-order chi connectivity index (χ1) is 22.7. The predicted molar refractivity (Wildman–Crippen MR) is 177 cm³/mol. The number of carbonyl (C=O) groups is 1. The lowest BCUT2D eigenvalue weighted by Crippen LogP contribution is -2.51. The van der Waals surface area contributed by atoms with Crippen LogP contribution in [0.3, 0.4) is 0 Å². The number of imidazole rings is 1. The fourth-order valence-corrected chi connectivity index (χ4v) is 6.33. The number of anilines is 2.